The van der Waals surface area contributed by atoms with E-state index in [9.17, 15) is 14.7 Å². The van der Waals surface area contributed by atoms with E-state index in [1.807, 2.05) is 13.0 Å². The molecule has 0 aromatic carbocycles. The zero-order chi connectivity index (χ0) is 22.6. The Morgan fingerprint density at radius 2 is 1.84 bits per heavy atom. The second-order valence-electron chi connectivity index (χ2n) is 12.0. The number of hydrogen-bond donors (Lipinski definition) is 2. The number of aliphatic hydroxyl groups excluding tert-OH is 1. The molecule has 0 amide bonds. The average Bonchev–Trinajstić information content (AvgIpc) is 3.06. The van der Waals surface area contributed by atoms with Gasteiger partial charge in [0.15, 0.2) is 5.78 Å². The molecule has 174 valence electrons. The number of ketones is 1. The largest absolute Gasteiger partial charge is 0.481 e. The maximum Gasteiger partial charge on any atom is 0.306 e. The van der Waals surface area contributed by atoms with Gasteiger partial charge in [0.05, 0.1) is 12.0 Å². The number of allylic oxidation sites excluding steroid dienone is 1. The van der Waals surface area contributed by atoms with Crippen LogP contribution in [0.15, 0.2) is 11.6 Å². The Bertz CT molecular complexity index is 756. The van der Waals surface area contributed by atoms with Crippen molar-refractivity contribution in [3.63, 3.8) is 0 Å². The van der Waals surface area contributed by atoms with E-state index in [4.69, 9.17) is 5.11 Å². The normalized spacial score (nSPS) is 44.0. The van der Waals surface area contributed by atoms with Gasteiger partial charge in [-0.1, -0.05) is 46.1 Å². The number of aliphatic hydroxyl groups is 1. The maximum absolute atomic E-state index is 13.4. The van der Waals surface area contributed by atoms with Crippen LogP contribution in [-0.2, 0) is 9.59 Å². The van der Waals surface area contributed by atoms with Crippen molar-refractivity contribution in [2.75, 3.05) is 0 Å². The molecule has 4 aliphatic carbocycles. The average molecular weight is 431 g/mol. The van der Waals surface area contributed by atoms with Crippen LogP contribution < -0.4 is 0 Å². The zero-order valence-electron chi connectivity index (χ0n) is 19.9. The van der Waals surface area contributed by atoms with Gasteiger partial charge in [0.2, 0.25) is 0 Å². The second-order valence-corrected chi connectivity index (χ2v) is 12.0. The Hall–Kier alpha value is -1.16. The number of aliphatic carboxylic acids is 1. The second kappa shape index (κ2) is 8.32. The van der Waals surface area contributed by atoms with Gasteiger partial charge in [-0.15, -0.1) is 0 Å². The molecule has 31 heavy (non-hydrogen) atoms. The highest BCUT2D eigenvalue weighted by Gasteiger charge is 2.61. The Balaban J connectivity index is 1.49. The number of hydrogen-bond acceptors (Lipinski definition) is 3. The fourth-order valence-corrected chi connectivity index (χ4v) is 8.43. The van der Waals surface area contributed by atoms with E-state index in [0.29, 0.717) is 35.9 Å². The molecule has 0 radical (unpaired) electrons. The molecule has 4 heteroatoms. The van der Waals surface area contributed by atoms with Crippen molar-refractivity contribution >= 4 is 11.8 Å². The molecule has 1 unspecified atom stereocenters. The standard InChI is InChI=1S/C27H42O4/c1-16(6-5-7-17(2)25(30)31)20-8-9-21-24-22(11-13-27(20,21)4)26(3)12-10-19(28)14-18(26)15-23(24)29/h15-17,19-22,24,28H,5-14H2,1-4H3,(H,30,31)/t16-,17?,19-,20+,21-,22-,24-,26-,27+/m0/s1. The smallest absolute Gasteiger partial charge is 0.306 e. The van der Waals surface area contributed by atoms with Crippen molar-refractivity contribution in [2.45, 2.75) is 98.0 Å². The fourth-order valence-electron chi connectivity index (χ4n) is 8.43. The molecular weight excluding hydrogens is 388 g/mol. The van der Waals surface area contributed by atoms with Crippen LogP contribution in [0.25, 0.3) is 0 Å². The molecule has 9 atom stereocenters. The predicted molar refractivity (Wildman–Crippen MR) is 121 cm³/mol. The topological polar surface area (TPSA) is 74.6 Å². The highest BCUT2D eigenvalue weighted by molar-refractivity contribution is 5.94. The van der Waals surface area contributed by atoms with Crippen molar-refractivity contribution in [2.24, 2.45) is 46.3 Å². The lowest BCUT2D eigenvalue weighted by Gasteiger charge is -2.57. The van der Waals surface area contributed by atoms with E-state index in [-0.39, 0.29) is 28.8 Å². The number of fused-ring (bicyclic) bond motifs is 5. The maximum atomic E-state index is 13.4. The summed E-state index contributed by atoms with van der Waals surface area (Å²) in [5.41, 5.74) is 1.54. The molecule has 0 aromatic heterocycles. The third-order valence-corrected chi connectivity index (χ3v) is 10.4. The Morgan fingerprint density at radius 1 is 1.10 bits per heavy atom. The van der Waals surface area contributed by atoms with Crippen LogP contribution in [0.4, 0.5) is 0 Å². The minimum atomic E-state index is -0.689. The lowest BCUT2D eigenvalue weighted by atomic mass is 9.46. The van der Waals surface area contributed by atoms with Crippen LogP contribution >= 0.6 is 0 Å². The summed E-state index contributed by atoms with van der Waals surface area (Å²) in [7, 11) is 0. The van der Waals surface area contributed by atoms with Crippen LogP contribution in [0, 0.1) is 46.3 Å². The molecule has 2 N–H and O–H groups in total. The number of rotatable bonds is 6. The Kier molecular flexibility index (Phi) is 6.17. The summed E-state index contributed by atoms with van der Waals surface area (Å²) in [5.74, 6) is 1.69. The molecule has 4 aliphatic rings. The van der Waals surface area contributed by atoms with Gasteiger partial charge in [0, 0.05) is 5.92 Å². The van der Waals surface area contributed by atoms with Crippen molar-refractivity contribution in [3.05, 3.63) is 11.6 Å². The lowest BCUT2D eigenvalue weighted by molar-refractivity contribution is -0.141. The summed E-state index contributed by atoms with van der Waals surface area (Å²) >= 11 is 0. The van der Waals surface area contributed by atoms with Gasteiger partial charge in [-0.3, -0.25) is 9.59 Å². The van der Waals surface area contributed by atoms with Crippen LogP contribution in [0.5, 0.6) is 0 Å². The van der Waals surface area contributed by atoms with Gasteiger partial charge in [-0.25, -0.2) is 0 Å². The van der Waals surface area contributed by atoms with E-state index < -0.39 is 5.97 Å². The third kappa shape index (κ3) is 3.81. The van der Waals surface area contributed by atoms with E-state index in [0.717, 1.165) is 44.9 Å². The van der Waals surface area contributed by atoms with Crippen LogP contribution in [0.3, 0.4) is 0 Å². The molecule has 0 aromatic rings. The molecule has 0 heterocycles. The van der Waals surface area contributed by atoms with Crippen LogP contribution in [-0.4, -0.2) is 28.1 Å². The van der Waals surface area contributed by atoms with Crippen molar-refractivity contribution < 1.29 is 19.8 Å². The summed E-state index contributed by atoms with van der Waals surface area (Å²) in [6.45, 7) is 9.00. The van der Waals surface area contributed by atoms with Crippen molar-refractivity contribution in [1.29, 1.82) is 0 Å². The van der Waals surface area contributed by atoms with Gasteiger partial charge in [0.1, 0.15) is 0 Å². The number of carboxylic acids is 1. The van der Waals surface area contributed by atoms with Gasteiger partial charge in [-0.05, 0) is 91.9 Å². The summed E-state index contributed by atoms with van der Waals surface area (Å²) in [4.78, 5) is 24.5. The molecule has 4 rings (SSSR count). The number of carbonyl (C=O) groups is 2. The Labute approximate surface area is 187 Å². The van der Waals surface area contributed by atoms with E-state index in [1.54, 1.807) is 0 Å². The Morgan fingerprint density at radius 3 is 2.55 bits per heavy atom. The van der Waals surface area contributed by atoms with Gasteiger partial charge in [0.25, 0.3) is 0 Å². The highest BCUT2D eigenvalue weighted by Crippen LogP contribution is 2.66. The highest BCUT2D eigenvalue weighted by atomic mass is 16.4. The summed E-state index contributed by atoms with van der Waals surface area (Å²) < 4.78 is 0. The first-order valence-corrected chi connectivity index (χ1v) is 12.7. The number of carbonyl (C=O) groups excluding carboxylic acids is 1. The van der Waals surface area contributed by atoms with Crippen molar-refractivity contribution in [1.82, 2.24) is 0 Å². The summed E-state index contributed by atoms with van der Waals surface area (Å²) in [5, 5.41) is 19.3. The summed E-state index contributed by atoms with van der Waals surface area (Å²) in [6.07, 6.45) is 11.7. The molecule has 3 saturated carbocycles. The molecule has 3 fully saturated rings. The first-order valence-electron chi connectivity index (χ1n) is 12.7. The van der Waals surface area contributed by atoms with Gasteiger partial charge < -0.3 is 10.2 Å². The van der Waals surface area contributed by atoms with Crippen molar-refractivity contribution in [3.8, 4) is 0 Å². The zero-order valence-corrected chi connectivity index (χ0v) is 19.9. The predicted octanol–water partition coefficient (Wildman–Crippen LogP) is 5.63. The number of carboxylic acid groups (broad SMARTS) is 1. The minimum absolute atomic E-state index is 0.0931. The monoisotopic (exact) mass is 430 g/mol. The van der Waals surface area contributed by atoms with E-state index >= 15 is 0 Å². The fraction of sp³-hybridized carbons (Fsp3) is 0.852. The molecule has 0 aliphatic heterocycles. The lowest BCUT2D eigenvalue weighted by Crippen LogP contribution is -2.53. The first kappa shape index (κ1) is 23.0. The quantitative estimate of drug-likeness (QED) is 0.572. The van der Waals surface area contributed by atoms with Crippen LogP contribution in [0.1, 0.15) is 91.9 Å². The minimum Gasteiger partial charge on any atom is -0.481 e. The molecule has 0 bridgehead atoms. The van der Waals surface area contributed by atoms with Gasteiger partial charge >= 0.3 is 5.97 Å². The van der Waals surface area contributed by atoms with Crippen LogP contribution in [0.2, 0.25) is 0 Å². The SMILES string of the molecule is CC(CCC[C@H](C)[C@H]1CC[C@H]2[C@@H]3C(=O)C=C4C[C@@H](O)CC[C@]4(C)[C@H]3CC[C@]12C)C(=O)O. The summed E-state index contributed by atoms with van der Waals surface area (Å²) in [6, 6.07) is 0. The first-order chi connectivity index (χ1) is 14.6. The molecule has 0 spiro atoms. The van der Waals surface area contributed by atoms with E-state index in [2.05, 4.69) is 20.8 Å². The van der Waals surface area contributed by atoms with E-state index in [1.165, 1.54) is 18.4 Å². The third-order valence-electron chi connectivity index (χ3n) is 10.4. The molecular formula is C27H42O4. The van der Waals surface area contributed by atoms with Gasteiger partial charge in [-0.2, -0.15) is 0 Å². The molecule has 0 saturated heterocycles. The molecule has 4 nitrogen and oxygen atoms in total.